The number of benzene rings is 1. The number of aliphatic hydroxyl groups is 3. The van der Waals surface area contributed by atoms with Gasteiger partial charge in [-0.05, 0) is 53.0 Å². The van der Waals surface area contributed by atoms with Gasteiger partial charge >= 0.3 is 0 Å². The van der Waals surface area contributed by atoms with Crippen molar-refractivity contribution in [1.29, 1.82) is 0 Å². The molecule has 1 amide bonds. The van der Waals surface area contributed by atoms with E-state index in [1.807, 2.05) is 0 Å². The number of methoxy groups -OCH3 is 1. The molecule has 10 heteroatoms. The monoisotopic (exact) mass is 541 g/mol. The zero-order valence-corrected chi connectivity index (χ0v) is 18.6. The minimum Gasteiger partial charge on any atom is -0.508 e. The highest BCUT2D eigenvalue weighted by Crippen LogP contribution is 2.52. The quantitative estimate of drug-likeness (QED) is 0.281. The van der Waals surface area contributed by atoms with Crippen molar-refractivity contribution in [3.05, 3.63) is 43.2 Å². The Hall–Kier alpha value is -2.44. The summed E-state index contributed by atoms with van der Waals surface area (Å²) < 4.78 is 5.84. The molecule has 0 spiro atoms. The van der Waals surface area contributed by atoms with Crippen molar-refractivity contribution in [1.82, 2.24) is 0 Å². The van der Waals surface area contributed by atoms with Crippen molar-refractivity contribution < 1.29 is 39.5 Å². The number of Topliss-reactive ketones (excluding diaryl/α,β-unsaturated/α-hetero) is 2. The van der Waals surface area contributed by atoms with E-state index in [-0.39, 0.29) is 42.8 Å². The van der Waals surface area contributed by atoms with Crippen LogP contribution in [0, 0.1) is 15.4 Å². The molecule has 0 heterocycles. The van der Waals surface area contributed by atoms with Gasteiger partial charge in [-0.25, -0.2) is 0 Å². The number of phenols is 1. The number of nitrogens with two attached hydrogens (primary N) is 1. The number of hydrogen-bond acceptors (Lipinski definition) is 8. The molecule has 9 nitrogen and oxygen atoms in total. The molecular weight excluding hydrogens is 521 g/mol. The number of ketones is 2. The summed E-state index contributed by atoms with van der Waals surface area (Å²) in [5.41, 5.74) is 2.79. The molecule has 0 bridgehead atoms. The van der Waals surface area contributed by atoms with E-state index in [1.165, 1.54) is 7.11 Å². The first-order valence-corrected chi connectivity index (χ1v) is 10.6. The first-order valence-electron chi connectivity index (χ1n) is 9.53. The minimum absolute atomic E-state index is 0.0751. The maximum Gasteiger partial charge on any atom is 0.255 e. The van der Waals surface area contributed by atoms with Gasteiger partial charge < -0.3 is 30.9 Å². The second kappa shape index (κ2) is 7.31. The van der Waals surface area contributed by atoms with Crippen molar-refractivity contribution in [2.75, 3.05) is 7.11 Å². The predicted molar refractivity (Wildman–Crippen MR) is 115 cm³/mol. The molecule has 3 aliphatic rings. The molecule has 31 heavy (non-hydrogen) atoms. The van der Waals surface area contributed by atoms with Gasteiger partial charge in [0.25, 0.3) is 5.91 Å². The first-order chi connectivity index (χ1) is 14.5. The number of aromatic hydroxyl groups is 1. The SMILES string of the molecule is COCc1cc(I)c2c(c1O)C(O)=C1C(=O)[C@]3(O)C(O)=C(C(N)=O)C(=O)CC3CC1C2. The van der Waals surface area contributed by atoms with Gasteiger partial charge in [0.05, 0.1) is 12.2 Å². The summed E-state index contributed by atoms with van der Waals surface area (Å²) >= 11 is 2.07. The van der Waals surface area contributed by atoms with Crippen LogP contribution in [-0.4, -0.2) is 50.6 Å². The van der Waals surface area contributed by atoms with Gasteiger partial charge in [-0.15, -0.1) is 0 Å². The molecular formula is C21H20INO8. The summed E-state index contributed by atoms with van der Waals surface area (Å²) in [7, 11) is 1.45. The summed E-state index contributed by atoms with van der Waals surface area (Å²) in [6, 6.07) is 1.73. The highest BCUT2D eigenvalue weighted by atomic mass is 127. The third-order valence-corrected chi connectivity index (χ3v) is 7.35. The Bertz CT molecular complexity index is 1120. The Morgan fingerprint density at radius 1 is 1.29 bits per heavy atom. The smallest absolute Gasteiger partial charge is 0.255 e. The van der Waals surface area contributed by atoms with Crippen molar-refractivity contribution in [2.45, 2.75) is 31.5 Å². The number of ether oxygens (including phenoxy) is 1. The lowest BCUT2D eigenvalue weighted by molar-refractivity contribution is -0.147. The van der Waals surface area contributed by atoms with E-state index >= 15 is 0 Å². The number of carbonyl (C=O) groups excluding carboxylic acids is 3. The van der Waals surface area contributed by atoms with Crippen LogP contribution in [0.2, 0.25) is 0 Å². The molecule has 0 radical (unpaired) electrons. The average Bonchev–Trinajstić information content (AvgIpc) is 2.68. The van der Waals surface area contributed by atoms with E-state index in [9.17, 15) is 34.8 Å². The van der Waals surface area contributed by atoms with E-state index in [4.69, 9.17) is 10.5 Å². The standard InChI is InChI=1S/C21H20INO8/c1-31-6-8-4-11(22)10-3-7-2-9-5-12(24)15(20(23)29)19(28)21(9,30)18(27)13(7)17(26)14(10)16(8)25/h4,7,9,25-26,28,30H,2-3,5-6H2,1H3,(H2,23,29)/t7?,9?,21-/m0/s1. The molecule has 164 valence electrons. The highest BCUT2D eigenvalue weighted by Gasteiger charge is 2.60. The van der Waals surface area contributed by atoms with Crippen molar-refractivity contribution >= 4 is 45.8 Å². The van der Waals surface area contributed by atoms with Gasteiger partial charge in [0.1, 0.15) is 22.8 Å². The normalized spacial score (nSPS) is 27.7. The Balaban J connectivity index is 1.93. The third-order valence-electron chi connectivity index (χ3n) is 6.39. The Labute approximate surface area is 190 Å². The molecule has 0 aliphatic heterocycles. The number of phenolic OH excluding ortho intramolecular Hbond substituents is 1. The number of carbonyl (C=O) groups is 3. The summed E-state index contributed by atoms with van der Waals surface area (Å²) in [6.45, 7) is 0.0781. The number of rotatable bonds is 3. The van der Waals surface area contributed by atoms with Crippen LogP contribution in [0.25, 0.3) is 5.76 Å². The average molecular weight is 541 g/mol. The molecule has 0 aromatic heterocycles. The van der Waals surface area contributed by atoms with Gasteiger partial charge in [0.15, 0.2) is 11.4 Å². The molecule has 0 saturated heterocycles. The number of fused-ring (bicyclic) bond motifs is 3. The van der Waals surface area contributed by atoms with E-state index in [1.54, 1.807) is 6.07 Å². The molecule has 3 aliphatic carbocycles. The number of amides is 1. The molecule has 4 rings (SSSR count). The van der Waals surface area contributed by atoms with Gasteiger partial charge in [0, 0.05) is 34.2 Å². The van der Waals surface area contributed by atoms with Gasteiger partial charge in [-0.2, -0.15) is 0 Å². The lowest BCUT2D eigenvalue weighted by Crippen LogP contribution is -2.58. The lowest BCUT2D eigenvalue weighted by Gasteiger charge is -2.46. The van der Waals surface area contributed by atoms with Crippen LogP contribution in [0.1, 0.15) is 29.5 Å². The van der Waals surface area contributed by atoms with Crippen LogP contribution < -0.4 is 5.73 Å². The van der Waals surface area contributed by atoms with Crippen molar-refractivity contribution in [3.63, 3.8) is 0 Å². The van der Waals surface area contributed by atoms with E-state index in [0.29, 0.717) is 11.1 Å². The Morgan fingerprint density at radius 2 is 1.97 bits per heavy atom. The fourth-order valence-electron chi connectivity index (χ4n) is 4.96. The summed E-state index contributed by atoms with van der Waals surface area (Å²) in [4.78, 5) is 37.4. The minimum atomic E-state index is -2.55. The fourth-order valence-corrected chi connectivity index (χ4v) is 5.83. The van der Waals surface area contributed by atoms with E-state index in [0.717, 1.165) is 3.57 Å². The second-order valence-electron chi connectivity index (χ2n) is 8.06. The highest BCUT2D eigenvalue weighted by molar-refractivity contribution is 14.1. The van der Waals surface area contributed by atoms with Crippen LogP contribution in [0.4, 0.5) is 0 Å². The lowest BCUT2D eigenvalue weighted by atomic mass is 9.59. The van der Waals surface area contributed by atoms with Gasteiger partial charge in [-0.1, -0.05) is 0 Å². The van der Waals surface area contributed by atoms with E-state index in [2.05, 4.69) is 22.6 Å². The third kappa shape index (κ3) is 2.92. The van der Waals surface area contributed by atoms with Crippen LogP contribution in [0.15, 0.2) is 23.0 Å². The topological polar surface area (TPSA) is 167 Å². The Morgan fingerprint density at radius 3 is 2.58 bits per heavy atom. The van der Waals surface area contributed by atoms with Crippen molar-refractivity contribution in [2.24, 2.45) is 17.6 Å². The van der Waals surface area contributed by atoms with Crippen LogP contribution in [-0.2, 0) is 32.1 Å². The zero-order valence-electron chi connectivity index (χ0n) is 16.4. The van der Waals surface area contributed by atoms with Crippen LogP contribution in [0.3, 0.4) is 0 Å². The maximum atomic E-state index is 13.4. The van der Waals surface area contributed by atoms with Gasteiger partial charge in [-0.3, -0.25) is 14.4 Å². The molecule has 1 aromatic rings. The first kappa shape index (κ1) is 21.8. The van der Waals surface area contributed by atoms with Crippen LogP contribution in [0.5, 0.6) is 5.75 Å². The number of aliphatic hydroxyl groups excluding tert-OH is 2. The summed E-state index contributed by atoms with van der Waals surface area (Å²) in [5, 5.41) is 43.5. The maximum absolute atomic E-state index is 13.4. The predicted octanol–water partition coefficient (Wildman–Crippen LogP) is 1.17. The molecule has 6 N–H and O–H groups in total. The molecule has 1 saturated carbocycles. The van der Waals surface area contributed by atoms with E-state index < -0.39 is 52.0 Å². The fraction of sp³-hybridized carbons (Fsp3) is 0.381. The number of hydrogen-bond donors (Lipinski definition) is 5. The largest absolute Gasteiger partial charge is 0.508 e. The molecule has 1 fully saturated rings. The van der Waals surface area contributed by atoms with Gasteiger partial charge in [0.2, 0.25) is 5.78 Å². The molecule has 2 unspecified atom stereocenters. The van der Waals surface area contributed by atoms with Crippen LogP contribution >= 0.6 is 22.6 Å². The van der Waals surface area contributed by atoms with Crippen molar-refractivity contribution in [3.8, 4) is 5.75 Å². The molecule has 1 aromatic carbocycles. The number of halogens is 1. The molecule has 3 atom stereocenters. The summed E-state index contributed by atoms with van der Waals surface area (Å²) in [5.74, 6) is -6.32. The second-order valence-corrected chi connectivity index (χ2v) is 9.22. The zero-order chi connectivity index (χ0) is 22.8. The Kier molecular flexibility index (Phi) is 5.14. The number of primary amides is 1. The summed E-state index contributed by atoms with van der Waals surface area (Å²) in [6.07, 6.45) is 0.0597.